The van der Waals surface area contributed by atoms with E-state index in [2.05, 4.69) is 0 Å². The summed E-state index contributed by atoms with van der Waals surface area (Å²) in [6, 6.07) is 3.89. The van der Waals surface area contributed by atoms with E-state index in [4.69, 9.17) is 0 Å². The van der Waals surface area contributed by atoms with Gasteiger partial charge in [-0.15, -0.1) is 0 Å². The van der Waals surface area contributed by atoms with Crippen LogP contribution >= 0.6 is 0 Å². The average molecular weight is 240 g/mol. The van der Waals surface area contributed by atoms with Crippen LogP contribution in [-0.4, -0.2) is 5.78 Å². The summed E-state index contributed by atoms with van der Waals surface area (Å²) in [7, 11) is 0. The number of carbonyl (C=O) groups is 1. The van der Waals surface area contributed by atoms with Gasteiger partial charge in [0.15, 0.2) is 0 Å². The summed E-state index contributed by atoms with van der Waals surface area (Å²) in [6.07, 6.45) is 2.02. The Bertz CT molecular complexity index is 368. The first kappa shape index (κ1) is 13.8. The zero-order chi connectivity index (χ0) is 12.8. The van der Waals surface area contributed by atoms with Gasteiger partial charge < -0.3 is 0 Å². The summed E-state index contributed by atoms with van der Waals surface area (Å²) < 4.78 is 27.1. The molecule has 0 saturated heterocycles. The number of rotatable bonds is 6. The topological polar surface area (TPSA) is 17.1 Å². The maximum Gasteiger partial charge on any atom is 0.132 e. The molecule has 1 aromatic rings. The molecule has 0 saturated carbocycles. The molecule has 0 aliphatic carbocycles. The highest BCUT2D eigenvalue weighted by Crippen LogP contribution is 2.29. The second-order valence-electron chi connectivity index (χ2n) is 4.17. The van der Waals surface area contributed by atoms with Gasteiger partial charge in [-0.2, -0.15) is 0 Å². The van der Waals surface area contributed by atoms with Gasteiger partial charge in [0.25, 0.3) is 0 Å². The van der Waals surface area contributed by atoms with E-state index >= 15 is 0 Å². The minimum absolute atomic E-state index is 0.124. The molecular weight excluding hydrogens is 222 g/mol. The fraction of sp³-hybridized carbons (Fsp3) is 0.500. The largest absolute Gasteiger partial charge is 0.300 e. The molecule has 0 bridgehead atoms. The van der Waals surface area contributed by atoms with E-state index in [-0.39, 0.29) is 17.3 Å². The van der Waals surface area contributed by atoms with E-state index in [0.717, 1.165) is 0 Å². The van der Waals surface area contributed by atoms with E-state index in [9.17, 15) is 13.6 Å². The standard InChI is InChI=1S/C14H18F2O/c1-3-10(8-9-11(17)4-2)14-12(15)6-5-7-13(14)16/h5-7,10H,3-4,8-9H2,1-2H3. The van der Waals surface area contributed by atoms with Crippen molar-refractivity contribution in [3.05, 3.63) is 35.4 Å². The summed E-state index contributed by atoms with van der Waals surface area (Å²) in [5.41, 5.74) is 0.124. The van der Waals surface area contributed by atoms with E-state index < -0.39 is 11.6 Å². The van der Waals surface area contributed by atoms with Crippen LogP contribution in [0.2, 0.25) is 0 Å². The second-order valence-corrected chi connectivity index (χ2v) is 4.17. The molecule has 0 aromatic heterocycles. The van der Waals surface area contributed by atoms with Crippen LogP contribution in [0.15, 0.2) is 18.2 Å². The van der Waals surface area contributed by atoms with Crippen molar-refractivity contribution in [1.29, 1.82) is 0 Å². The molecule has 0 N–H and O–H groups in total. The lowest BCUT2D eigenvalue weighted by atomic mass is 9.90. The third-order valence-electron chi connectivity index (χ3n) is 3.07. The van der Waals surface area contributed by atoms with Gasteiger partial charge in [-0.1, -0.05) is 19.9 Å². The Morgan fingerprint density at radius 1 is 1.24 bits per heavy atom. The fourth-order valence-electron chi connectivity index (χ4n) is 1.97. The average Bonchev–Trinajstić information content (AvgIpc) is 2.32. The number of carbonyl (C=O) groups excluding carboxylic acids is 1. The molecular formula is C14H18F2O. The number of benzene rings is 1. The Hall–Kier alpha value is -1.25. The summed E-state index contributed by atoms with van der Waals surface area (Å²) in [5.74, 6) is -1.10. The SMILES string of the molecule is CCC(=O)CCC(CC)c1c(F)cccc1F. The zero-order valence-corrected chi connectivity index (χ0v) is 10.3. The summed E-state index contributed by atoms with van der Waals surface area (Å²) in [4.78, 5) is 11.2. The van der Waals surface area contributed by atoms with Crippen LogP contribution in [0.5, 0.6) is 0 Å². The van der Waals surface area contributed by atoms with Gasteiger partial charge in [0.05, 0.1) is 0 Å². The molecule has 1 rings (SSSR count). The molecule has 1 unspecified atom stereocenters. The molecule has 0 radical (unpaired) electrons. The lowest BCUT2D eigenvalue weighted by Crippen LogP contribution is -2.07. The smallest absolute Gasteiger partial charge is 0.132 e. The molecule has 0 heterocycles. The molecule has 0 aliphatic rings. The minimum atomic E-state index is -0.513. The minimum Gasteiger partial charge on any atom is -0.300 e. The third-order valence-corrected chi connectivity index (χ3v) is 3.07. The number of Topliss-reactive ketones (excluding diaryl/α,β-unsaturated/α-hetero) is 1. The highest BCUT2D eigenvalue weighted by atomic mass is 19.1. The number of hydrogen-bond acceptors (Lipinski definition) is 1. The third kappa shape index (κ3) is 3.62. The second kappa shape index (κ2) is 6.48. The van der Waals surface area contributed by atoms with Crippen molar-refractivity contribution in [2.75, 3.05) is 0 Å². The van der Waals surface area contributed by atoms with Crippen molar-refractivity contribution in [1.82, 2.24) is 0 Å². The van der Waals surface area contributed by atoms with Gasteiger partial charge in [0.2, 0.25) is 0 Å². The fourth-order valence-corrected chi connectivity index (χ4v) is 1.97. The number of ketones is 1. The summed E-state index contributed by atoms with van der Waals surface area (Å²) >= 11 is 0. The van der Waals surface area contributed by atoms with Crippen LogP contribution in [0.25, 0.3) is 0 Å². The van der Waals surface area contributed by atoms with E-state index in [1.807, 2.05) is 6.92 Å². The summed E-state index contributed by atoms with van der Waals surface area (Å²) in [5, 5.41) is 0. The first-order valence-corrected chi connectivity index (χ1v) is 6.05. The van der Waals surface area contributed by atoms with Gasteiger partial charge in [-0.05, 0) is 30.9 Å². The quantitative estimate of drug-likeness (QED) is 0.727. The highest BCUT2D eigenvalue weighted by molar-refractivity contribution is 5.78. The maximum absolute atomic E-state index is 13.6. The molecule has 1 aromatic carbocycles. The molecule has 0 amide bonds. The van der Waals surface area contributed by atoms with Crippen LogP contribution in [0.1, 0.15) is 51.0 Å². The van der Waals surface area contributed by atoms with E-state index in [1.54, 1.807) is 6.92 Å². The Labute approximate surface area is 101 Å². The van der Waals surface area contributed by atoms with Gasteiger partial charge in [-0.3, -0.25) is 4.79 Å². The van der Waals surface area contributed by atoms with Gasteiger partial charge in [0.1, 0.15) is 17.4 Å². The van der Waals surface area contributed by atoms with Gasteiger partial charge >= 0.3 is 0 Å². The van der Waals surface area contributed by atoms with Crippen molar-refractivity contribution in [2.45, 2.75) is 45.4 Å². The monoisotopic (exact) mass is 240 g/mol. The zero-order valence-electron chi connectivity index (χ0n) is 10.3. The van der Waals surface area contributed by atoms with E-state index in [1.165, 1.54) is 18.2 Å². The van der Waals surface area contributed by atoms with Gasteiger partial charge in [-0.25, -0.2) is 8.78 Å². The molecule has 94 valence electrons. The maximum atomic E-state index is 13.6. The van der Waals surface area contributed by atoms with Crippen LogP contribution in [0.4, 0.5) is 8.78 Å². The van der Waals surface area contributed by atoms with Crippen molar-refractivity contribution in [3.8, 4) is 0 Å². The Morgan fingerprint density at radius 3 is 2.29 bits per heavy atom. The molecule has 1 atom stereocenters. The molecule has 0 fully saturated rings. The van der Waals surface area contributed by atoms with Crippen molar-refractivity contribution in [2.24, 2.45) is 0 Å². The van der Waals surface area contributed by atoms with Crippen molar-refractivity contribution < 1.29 is 13.6 Å². The van der Waals surface area contributed by atoms with Crippen molar-refractivity contribution in [3.63, 3.8) is 0 Å². The predicted octanol–water partition coefficient (Wildman–Crippen LogP) is 4.22. The normalized spacial score (nSPS) is 12.5. The molecule has 17 heavy (non-hydrogen) atoms. The molecule has 0 aliphatic heterocycles. The van der Waals surface area contributed by atoms with Crippen molar-refractivity contribution >= 4 is 5.78 Å². The molecule has 1 nitrogen and oxygen atoms in total. The Morgan fingerprint density at radius 2 is 1.82 bits per heavy atom. The Balaban J connectivity index is 2.83. The summed E-state index contributed by atoms with van der Waals surface area (Å²) in [6.45, 7) is 3.68. The number of halogens is 2. The predicted molar refractivity (Wildman–Crippen MR) is 63.9 cm³/mol. The molecule has 3 heteroatoms. The van der Waals surface area contributed by atoms with Crippen LogP contribution < -0.4 is 0 Å². The van der Waals surface area contributed by atoms with E-state index in [0.29, 0.717) is 25.7 Å². The van der Waals surface area contributed by atoms with Crippen LogP contribution in [0, 0.1) is 11.6 Å². The van der Waals surface area contributed by atoms with Gasteiger partial charge in [0, 0.05) is 18.4 Å². The lowest BCUT2D eigenvalue weighted by Gasteiger charge is -2.16. The number of hydrogen-bond donors (Lipinski definition) is 0. The molecule has 0 spiro atoms. The Kier molecular flexibility index (Phi) is 5.26. The lowest BCUT2D eigenvalue weighted by molar-refractivity contribution is -0.118. The highest BCUT2D eigenvalue weighted by Gasteiger charge is 2.19. The van der Waals surface area contributed by atoms with Crippen LogP contribution in [-0.2, 0) is 4.79 Å². The first-order valence-electron chi connectivity index (χ1n) is 6.05. The van der Waals surface area contributed by atoms with Crippen LogP contribution in [0.3, 0.4) is 0 Å². The first-order chi connectivity index (χ1) is 8.10.